The van der Waals surface area contributed by atoms with Crippen molar-refractivity contribution >= 4 is 5.97 Å². The molecule has 13 heavy (non-hydrogen) atoms. The van der Waals surface area contributed by atoms with Crippen molar-refractivity contribution in [3.63, 3.8) is 0 Å². The van der Waals surface area contributed by atoms with Crippen molar-refractivity contribution in [1.82, 2.24) is 0 Å². The van der Waals surface area contributed by atoms with Crippen LogP contribution in [-0.4, -0.2) is 11.1 Å². The zero-order valence-corrected chi connectivity index (χ0v) is 8.47. The van der Waals surface area contributed by atoms with Crippen molar-refractivity contribution in [2.75, 3.05) is 0 Å². The fraction of sp³-hybridized carbons (Fsp3) is 0.909. The molecule has 0 amide bonds. The molecular weight excluding hydrogens is 164 g/mol. The van der Waals surface area contributed by atoms with Gasteiger partial charge in [0.1, 0.15) is 0 Å². The quantitative estimate of drug-likeness (QED) is 0.713. The van der Waals surface area contributed by atoms with Crippen LogP contribution in [0.5, 0.6) is 0 Å². The first kappa shape index (κ1) is 9.04. The van der Waals surface area contributed by atoms with E-state index in [0.29, 0.717) is 5.92 Å². The van der Waals surface area contributed by atoms with E-state index < -0.39 is 5.97 Å². The van der Waals surface area contributed by atoms with E-state index in [4.69, 9.17) is 0 Å². The highest BCUT2D eigenvalue weighted by molar-refractivity contribution is 5.76. The van der Waals surface area contributed by atoms with Gasteiger partial charge in [-0.25, -0.2) is 0 Å². The Kier molecular flexibility index (Phi) is 1.73. The van der Waals surface area contributed by atoms with Gasteiger partial charge in [-0.1, -0.05) is 20.3 Å². The van der Waals surface area contributed by atoms with E-state index in [0.717, 1.165) is 25.7 Å². The molecule has 2 heteroatoms. The van der Waals surface area contributed by atoms with Crippen molar-refractivity contribution in [2.24, 2.45) is 16.7 Å². The van der Waals surface area contributed by atoms with Gasteiger partial charge in [-0.05, 0) is 37.0 Å². The van der Waals surface area contributed by atoms with E-state index in [1.165, 1.54) is 6.42 Å². The SMILES string of the molecule is CC1(C)CC(C(=O)O)(C2CCC2)C1. The molecule has 2 fully saturated rings. The Morgan fingerprint density at radius 2 is 1.85 bits per heavy atom. The van der Waals surface area contributed by atoms with Crippen molar-refractivity contribution in [2.45, 2.75) is 46.0 Å². The van der Waals surface area contributed by atoms with Gasteiger partial charge in [0.25, 0.3) is 0 Å². The first-order chi connectivity index (χ1) is 5.96. The molecule has 0 unspecified atom stereocenters. The number of aliphatic carboxylic acids is 1. The van der Waals surface area contributed by atoms with Crippen LogP contribution in [0, 0.1) is 16.7 Å². The summed E-state index contributed by atoms with van der Waals surface area (Å²) in [6.45, 7) is 4.35. The molecule has 0 spiro atoms. The Balaban J connectivity index is 2.11. The molecule has 0 aromatic rings. The molecule has 0 aliphatic heterocycles. The average Bonchev–Trinajstić information content (AvgIpc) is 1.77. The Labute approximate surface area is 79.3 Å². The van der Waals surface area contributed by atoms with Crippen LogP contribution in [0.1, 0.15) is 46.0 Å². The van der Waals surface area contributed by atoms with E-state index in [-0.39, 0.29) is 10.8 Å². The normalized spacial score (nSPS) is 30.3. The summed E-state index contributed by atoms with van der Waals surface area (Å²) in [6, 6.07) is 0. The van der Waals surface area contributed by atoms with Crippen LogP contribution in [0.25, 0.3) is 0 Å². The molecule has 0 radical (unpaired) electrons. The topological polar surface area (TPSA) is 37.3 Å². The number of rotatable bonds is 2. The standard InChI is InChI=1S/C11H18O2/c1-10(2)6-11(7-10,9(12)13)8-4-3-5-8/h8H,3-7H2,1-2H3,(H,12,13). The maximum Gasteiger partial charge on any atom is 0.309 e. The van der Waals surface area contributed by atoms with Gasteiger partial charge in [-0.3, -0.25) is 4.79 Å². The van der Waals surface area contributed by atoms with Gasteiger partial charge < -0.3 is 5.11 Å². The summed E-state index contributed by atoms with van der Waals surface area (Å²) < 4.78 is 0. The summed E-state index contributed by atoms with van der Waals surface area (Å²) in [4.78, 5) is 11.2. The van der Waals surface area contributed by atoms with E-state index in [1.54, 1.807) is 0 Å². The highest BCUT2D eigenvalue weighted by atomic mass is 16.4. The first-order valence-corrected chi connectivity index (χ1v) is 5.20. The fourth-order valence-electron chi connectivity index (χ4n) is 3.23. The molecule has 0 bridgehead atoms. The molecule has 0 heterocycles. The van der Waals surface area contributed by atoms with E-state index in [1.807, 2.05) is 0 Å². The van der Waals surface area contributed by atoms with Gasteiger partial charge in [0.2, 0.25) is 0 Å². The molecule has 2 rings (SSSR count). The molecular formula is C11H18O2. The van der Waals surface area contributed by atoms with Crippen LogP contribution in [0.3, 0.4) is 0 Å². The molecule has 2 nitrogen and oxygen atoms in total. The molecule has 74 valence electrons. The number of carboxylic acids is 1. The van der Waals surface area contributed by atoms with Crippen LogP contribution in [0.2, 0.25) is 0 Å². The Hall–Kier alpha value is -0.530. The maximum absolute atomic E-state index is 11.2. The highest BCUT2D eigenvalue weighted by Gasteiger charge is 2.59. The van der Waals surface area contributed by atoms with Gasteiger partial charge in [-0.15, -0.1) is 0 Å². The van der Waals surface area contributed by atoms with Crippen molar-refractivity contribution in [3.05, 3.63) is 0 Å². The largest absolute Gasteiger partial charge is 0.481 e. The summed E-state index contributed by atoms with van der Waals surface area (Å²) in [7, 11) is 0. The van der Waals surface area contributed by atoms with Crippen LogP contribution >= 0.6 is 0 Å². The lowest BCUT2D eigenvalue weighted by molar-refractivity contribution is -0.177. The predicted octanol–water partition coefficient (Wildman–Crippen LogP) is 2.68. The fourth-order valence-corrected chi connectivity index (χ4v) is 3.23. The molecule has 2 aliphatic rings. The number of carboxylic acid groups (broad SMARTS) is 1. The van der Waals surface area contributed by atoms with Gasteiger partial charge in [-0.2, -0.15) is 0 Å². The predicted molar refractivity (Wildman–Crippen MR) is 50.4 cm³/mol. The summed E-state index contributed by atoms with van der Waals surface area (Å²) in [5.41, 5.74) is -0.0598. The van der Waals surface area contributed by atoms with Crippen molar-refractivity contribution < 1.29 is 9.90 Å². The second-order valence-electron chi connectivity index (χ2n) is 5.61. The number of carbonyl (C=O) groups is 1. The molecule has 2 saturated carbocycles. The van der Waals surface area contributed by atoms with Gasteiger partial charge in [0.05, 0.1) is 5.41 Å². The number of hydrogen-bond donors (Lipinski definition) is 1. The van der Waals surface area contributed by atoms with Crippen molar-refractivity contribution in [1.29, 1.82) is 0 Å². The lowest BCUT2D eigenvalue weighted by atomic mass is 9.46. The molecule has 0 aromatic heterocycles. The molecule has 1 N–H and O–H groups in total. The van der Waals surface area contributed by atoms with Gasteiger partial charge in [0, 0.05) is 0 Å². The van der Waals surface area contributed by atoms with Crippen LogP contribution in [-0.2, 0) is 4.79 Å². The zero-order chi connectivity index (χ0) is 9.69. The summed E-state index contributed by atoms with van der Waals surface area (Å²) in [6.07, 6.45) is 5.30. The summed E-state index contributed by atoms with van der Waals surface area (Å²) in [5, 5.41) is 9.25. The molecule has 0 saturated heterocycles. The third-order valence-corrected chi connectivity index (χ3v) is 3.90. The third kappa shape index (κ3) is 1.18. The van der Waals surface area contributed by atoms with E-state index in [9.17, 15) is 9.90 Å². The minimum absolute atomic E-state index is 0.272. The first-order valence-electron chi connectivity index (χ1n) is 5.20. The van der Waals surface area contributed by atoms with E-state index in [2.05, 4.69) is 13.8 Å². The molecule has 0 atom stereocenters. The minimum atomic E-state index is -0.545. The summed E-state index contributed by atoms with van der Waals surface area (Å²) >= 11 is 0. The second kappa shape index (κ2) is 2.49. The van der Waals surface area contributed by atoms with E-state index >= 15 is 0 Å². The molecule has 2 aliphatic carbocycles. The minimum Gasteiger partial charge on any atom is -0.481 e. The zero-order valence-electron chi connectivity index (χ0n) is 8.47. The lowest BCUT2D eigenvalue weighted by Gasteiger charge is -2.56. The highest BCUT2D eigenvalue weighted by Crippen LogP contribution is 2.62. The summed E-state index contributed by atoms with van der Waals surface area (Å²) in [5.74, 6) is -0.0606. The number of hydrogen-bond acceptors (Lipinski definition) is 1. The smallest absolute Gasteiger partial charge is 0.309 e. The maximum atomic E-state index is 11.2. The second-order valence-corrected chi connectivity index (χ2v) is 5.61. The van der Waals surface area contributed by atoms with Crippen LogP contribution < -0.4 is 0 Å². The lowest BCUT2D eigenvalue weighted by Crippen LogP contribution is -2.54. The van der Waals surface area contributed by atoms with Gasteiger partial charge in [0.15, 0.2) is 0 Å². The third-order valence-electron chi connectivity index (χ3n) is 3.90. The Bertz CT molecular complexity index is 230. The average molecular weight is 182 g/mol. The monoisotopic (exact) mass is 182 g/mol. The van der Waals surface area contributed by atoms with Crippen LogP contribution in [0.4, 0.5) is 0 Å². The molecule has 0 aromatic carbocycles. The Morgan fingerprint density at radius 1 is 1.31 bits per heavy atom. The van der Waals surface area contributed by atoms with Crippen LogP contribution in [0.15, 0.2) is 0 Å². The van der Waals surface area contributed by atoms with Crippen molar-refractivity contribution in [3.8, 4) is 0 Å². The Morgan fingerprint density at radius 3 is 2.08 bits per heavy atom. The van der Waals surface area contributed by atoms with Gasteiger partial charge >= 0.3 is 5.97 Å².